The van der Waals surface area contributed by atoms with Gasteiger partial charge in [0.15, 0.2) is 0 Å². The molecule has 1 rings (SSSR count). The third kappa shape index (κ3) is 2.66. The molecule has 1 saturated heterocycles. The Morgan fingerprint density at radius 2 is 2.08 bits per heavy atom. The summed E-state index contributed by atoms with van der Waals surface area (Å²) in [6.07, 6.45) is 0. The predicted molar refractivity (Wildman–Crippen MR) is 52.4 cm³/mol. The second-order valence-corrected chi connectivity index (χ2v) is 3.42. The zero-order valence-corrected chi connectivity index (χ0v) is 8.38. The first-order valence-corrected chi connectivity index (χ1v) is 4.81. The highest BCUT2D eigenvalue weighted by molar-refractivity contribution is 4.97. The highest BCUT2D eigenvalue weighted by Gasteiger charge is 2.22. The third-order valence-corrected chi connectivity index (χ3v) is 2.66. The van der Waals surface area contributed by atoms with Gasteiger partial charge in [0.25, 0.3) is 0 Å². The highest BCUT2D eigenvalue weighted by atomic mass is 15.2. The van der Waals surface area contributed by atoms with E-state index in [2.05, 4.69) is 28.5 Å². The van der Waals surface area contributed by atoms with Crippen molar-refractivity contribution in [3.8, 4) is 6.07 Å². The van der Waals surface area contributed by atoms with Gasteiger partial charge in [-0.3, -0.25) is 4.90 Å². The maximum atomic E-state index is 8.87. The molecule has 0 saturated carbocycles. The van der Waals surface area contributed by atoms with E-state index in [1.165, 1.54) is 0 Å². The number of nitriles is 1. The van der Waals surface area contributed by atoms with Gasteiger partial charge in [-0.1, -0.05) is 0 Å². The minimum Gasteiger partial charge on any atom is -0.314 e. The van der Waals surface area contributed by atoms with Crippen LogP contribution < -0.4 is 10.6 Å². The Labute approximate surface area is 79.9 Å². The number of nitrogens with one attached hydrogen (secondary N) is 2. The van der Waals surface area contributed by atoms with Gasteiger partial charge in [-0.2, -0.15) is 5.26 Å². The summed E-state index contributed by atoms with van der Waals surface area (Å²) in [6, 6.07) is 2.52. The van der Waals surface area contributed by atoms with Crippen LogP contribution in [0.1, 0.15) is 6.92 Å². The minimum atomic E-state index is -0.0573. The number of likely N-dealkylation sites (N-methyl/N-ethyl adjacent to an activating group) is 1. The minimum absolute atomic E-state index is 0.0573. The Kier molecular flexibility index (Phi) is 4.16. The molecule has 1 fully saturated rings. The lowest BCUT2D eigenvalue weighted by Gasteiger charge is -2.34. The summed E-state index contributed by atoms with van der Waals surface area (Å²) < 4.78 is 0. The van der Waals surface area contributed by atoms with Crippen LogP contribution in [-0.4, -0.2) is 50.2 Å². The van der Waals surface area contributed by atoms with Crippen LogP contribution in [0.15, 0.2) is 0 Å². The average Bonchev–Trinajstić information content (AvgIpc) is 2.21. The van der Waals surface area contributed by atoms with Crippen molar-refractivity contribution in [2.45, 2.75) is 19.0 Å². The lowest BCUT2D eigenvalue weighted by atomic mass is 10.1. The first-order chi connectivity index (χ1) is 6.29. The molecule has 0 bridgehead atoms. The molecular formula is C9H18N4. The maximum Gasteiger partial charge on any atom is 0.110 e. The Hall–Kier alpha value is -0.630. The van der Waals surface area contributed by atoms with E-state index in [4.69, 9.17) is 5.26 Å². The average molecular weight is 182 g/mol. The van der Waals surface area contributed by atoms with E-state index >= 15 is 0 Å². The van der Waals surface area contributed by atoms with E-state index in [1.807, 2.05) is 7.05 Å². The number of piperazine rings is 1. The van der Waals surface area contributed by atoms with Crippen LogP contribution >= 0.6 is 0 Å². The molecule has 0 aliphatic carbocycles. The van der Waals surface area contributed by atoms with E-state index in [-0.39, 0.29) is 6.04 Å². The highest BCUT2D eigenvalue weighted by Crippen LogP contribution is 2.04. The molecule has 2 atom stereocenters. The second kappa shape index (κ2) is 5.18. The first kappa shape index (κ1) is 10.5. The zero-order chi connectivity index (χ0) is 9.68. The largest absolute Gasteiger partial charge is 0.314 e. The normalized spacial score (nSPS) is 23.5. The zero-order valence-electron chi connectivity index (χ0n) is 8.38. The molecule has 4 nitrogen and oxygen atoms in total. The fourth-order valence-corrected chi connectivity index (χ4v) is 1.71. The molecule has 0 aromatic carbocycles. The molecule has 2 N–H and O–H groups in total. The fourth-order valence-electron chi connectivity index (χ4n) is 1.71. The van der Waals surface area contributed by atoms with Crippen molar-refractivity contribution in [2.75, 3.05) is 33.2 Å². The molecule has 74 valence electrons. The van der Waals surface area contributed by atoms with Gasteiger partial charge in [0.05, 0.1) is 6.07 Å². The summed E-state index contributed by atoms with van der Waals surface area (Å²) in [7, 11) is 1.84. The van der Waals surface area contributed by atoms with Crippen LogP contribution in [0.5, 0.6) is 0 Å². The van der Waals surface area contributed by atoms with Gasteiger partial charge >= 0.3 is 0 Å². The predicted octanol–water partition coefficient (Wildman–Crippen LogP) is -0.608. The number of hydrogen-bond acceptors (Lipinski definition) is 4. The van der Waals surface area contributed by atoms with Crippen LogP contribution in [-0.2, 0) is 0 Å². The summed E-state index contributed by atoms with van der Waals surface area (Å²) in [6.45, 7) is 6.26. The molecule has 4 heteroatoms. The summed E-state index contributed by atoms with van der Waals surface area (Å²) in [5.74, 6) is 0. The Morgan fingerprint density at radius 1 is 1.46 bits per heavy atom. The molecule has 0 aromatic rings. The summed E-state index contributed by atoms with van der Waals surface area (Å²) in [5, 5.41) is 15.2. The first-order valence-electron chi connectivity index (χ1n) is 4.81. The molecule has 1 heterocycles. The Bertz CT molecular complexity index is 181. The summed E-state index contributed by atoms with van der Waals surface area (Å²) in [5.41, 5.74) is 0. The van der Waals surface area contributed by atoms with Gasteiger partial charge in [-0.15, -0.1) is 0 Å². The van der Waals surface area contributed by atoms with Crippen LogP contribution in [0.2, 0.25) is 0 Å². The van der Waals surface area contributed by atoms with E-state index in [9.17, 15) is 0 Å². The molecule has 13 heavy (non-hydrogen) atoms. The number of nitrogens with zero attached hydrogens (tertiary/aromatic N) is 2. The smallest absolute Gasteiger partial charge is 0.110 e. The maximum absolute atomic E-state index is 8.87. The van der Waals surface area contributed by atoms with E-state index in [0.29, 0.717) is 6.04 Å². The fraction of sp³-hybridized carbons (Fsp3) is 0.889. The van der Waals surface area contributed by atoms with Crippen molar-refractivity contribution in [3.05, 3.63) is 0 Å². The lowest BCUT2D eigenvalue weighted by Crippen LogP contribution is -2.53. The molecule has 0 amide bonds. The summed E-state index contributed by atoms with van der Waals surface area (Å²) in [4.78, 5) is 2.35. The van der Waals surface area contributed by atoms with Gasteiger partial charge in [0.2, 0.25) is 0 Å². The molecular weight excluding hydrogens is 164 g/mol. The second-order valence-electron chi connectivity index (χ2n) is 3.42. The number of rotatable bonds is 3. The quantitative estimate of drug-likeness (QED) is 0.611. The SMILES string of the molecule is CN[C@H](C#N)C(C)N1CCNCC1. The van der Waals surface area contributed by atoms with Crippen LogP contribution in [0.3, 0.4) is 0 Å². The van der Waals surface area contributed by atoms with Gasteiger partial charge < -0.3 is 10.6 Å². The van der Waals surface area contributed by atoms with E-state index in [1.54, 1.807) is 0 Å². The van der Waals surface area contributed by atoms with E-state index in [0.717, 1.165) is 26.2 Å². The molecule has 0 spiro atoms. The van der Waals surface area contributed by atoms with Crippen molar-refractivity contribution in [1.29, 1.82) is 5.26 Å². The van der Waals surface area contributed by atoms with Crippen molar-refractivity contribution in [2.24, 2.45) is 0 Å². The molecule has 1 aliphatic heterocycles. The Morgan fingerprint density at radius 3 is 2.54 bits per heavy atom. The van der Waals surface area contributed by atoms with Crippen LogP contribution in [0, 0.1) is 11.3 Å². The van der Waals surface area contributed by atoms with Gasteiger partial charge in [0, 0.05) is 32.2 Å². The topological polar surface area (TPSA) is 51.1 Å². The molecule has 1 unspecified atom stereocenters. The molecule has 0 radical (unpaired) electrons. The van der Waals surface area contributed by atoms with Gasteiger partial charge in [-0.05, 0) is 14.0 Å². The standard InChI is InChI=1S/C9H18N4/c1-8(9(7-10)11-2)13-5-3-12-4-6-13/h8-9,11-12H,3-6H2,1-2H3/t8?,9-/m1/s1. The lowest BCUT2D eigenvalue weighted by molar-refractivity contribution is 0.167. The Balaban J connectivity index is 2.44. The van der Waals surface area contributed by atoms with Crippen molar-refractivity contribution in [3.63, 3.8) is 0 Å². The van der Waals surface area contributed by atoms with E-state index < -0.39 is 0 Å². The monoisotopic (exact) mass is 182 g/mol. The van der Waals surface area contributed by atoms with Crippen molar-refractivity contribution < 1.29 is 0 Å². The number of hydrogen-bond donors (Lipinski definition) is 2. The van der Waals surface area contributed by atoms with Crippen LogP contribution in [0.4, 0.5) is 0 Å². The summed E-state index contributed by atoms with van der Waals surface area (Å²) >= 11 is 0. The van der Waals surface area contributed by atoms with Crippen LogP contribution in [0.25, 0.3) is 0 Å². The van der Waals surface area contributed by atoms with Gasteiger partial charge in [-0.25, -0.2) is 0 Å². The van der Waals surface area contributed by atoms with Crippen molar-refractivity contribution >= 4 is 0 Å². The third-order valence-electron chi connectivity index (χ3n) is 2.66. The van der Waals surface area contributed by atoms with Crippen molar-refractivity contribution in [1.82, 2.24) is 15.5 Å². The van der Waals surface area contributed by atoms with Gasteiger partial charge in [0.1, 0.15) is 6.04 Å². The molecule has 1 aliphatic rings. The molecule has 0 aromatic heterocycles.